The number of rotatable bonds is 2. The topological polar surface area (TPSA) is 3.24 Å². The molecule has 1 nitrogen and oxygen atoms in total. The first-order chi connectivity index (χ1) is 7.61. The number of benzene rings is 1. The van der Waals surface area contributed by atoms with Crippen molar-refractivity contribution in [3.63, 3.8) is 0 Å². The molecule has 2 rings (SSSR count). The van der Waals surface area contributed by atoms with E-state index in [4.69, 9.17) is 11.6 Å². The van der Waals surface area contributed by atoms with E-state index in [1.54, 1.807) is 11.9 Å². The van der Waals surface area contributed by atoms with Gasteiger partial charge in [0, 0.05) is 13.1 Å². The zero-order chi connectivity index (χ0) is 11.7. The molecule has 1 fully saturated rings. The Morgan fingerprint density at radius 2 is 1.88 bits per heavy atom. The molecule has 1 aliphatic rings. The highest BCUT2D eigenvalue weighted by Gasteiger charge is 2.25. The largest absolute Gasteiger partial charge is 0.367 e. The van der Waals surface area contributed by atoms with Gasteiger partial charge in [0.15, 0.2) is 5.82 Å². The van der Waals surface area contributed by atoms with Crippen LogP contribution in [0, 0.1) is 11.6 Å². The molecule has 0 N–H and O–H groups in total. The van der Waals surface area contributed by atoms with Crippen LogP contribution in [0.3, 0.4) is 0 Å². The van der Waals surface area contributed by atoms with Crippen molar-refractivity contribution >= 4 is 17.3 Å². The van der Waals surface area contributed by atoms with Crippen LogP contribution in [0.25, 0.3) is 0 Å². The molecular weight excluding hydrogens is 232 g/mol. The zero-order valence-electron chi connectivity index (χ0n) is 9.14. The Morgan fingerprint density at radius 1 is 1.25 bits per heavy atom. The van der Waals surface area contributed by atoms with Crippen molar-refractivity contribution in [1.82, 2.24) is 0 Å². The van der Waals surface area contributed by atoms with Gasteiger partial charge in [-0.3, -0.25) is 0 Å². The minimum Gasteiger partial charge on any atom is -0.367 e. The average molecular weight is 246 g/mol. The monoisotopic (exact) mass is 245 g/mol. The van der Waals surface area contributed by atoms with Crippen LogP contribution in [0.15, 0.2) is 12.1 Å². The summed E-state index contributed by atoms with van der Waals surface area (Å²) in [6.45, 7) is 0. The average Bonchev–Trinajstić information content (AvgIpc) is 2.77. The summed E-state index contributed by atoms with van der Waals surface area (Å²) in [6, 6.07) is 2.69. The standard InChI is InChI=1S/C12H14ClF2N/c1-16(8-4-2-3-5-8)12-10(14)7-6-9(13)11(12)15/h6-8H,2-5H2,1H3. The fraction of sp³-hybridized carbons (Fsp3) is 0.500. The number of halogens is 3. The molecule has 0 atom stereocenters. The summed E-state index contributed by atoms with van der Waals surface area (Å²) < 4.78 is 27.3. The van der Waals surface area contributed by atoms with Crippen LogP contribution in [-0.2, 0) is 0 Å². The van der Waals surface area contributed by atoms with Crippen LogP contribution in [-0.4, -0.2) is 13.1 Å². The van der Waals surface area contributed by atoms with Crippen molar-refractivity contribution in [2.75, 3.05) is 11.9 Å². The predicted octanol–water partition coefficient (Wildman–Crippen LogP) is 4.00. The molecule has 16 heavy (non-hydrogen) atoms. The lowest BCUT2D eigenvalue weighted by Crippen LogP contribution is -2.30. The van der Waals surface area contributed by atoms with Crippen molar-refractivity contribution in [1.29, 1.82) is 0 Å². The first-order valence-electron chi connectivity index (χ1n) is 5.47. The van der Waals surface area contributed by atoms with E-state index < -0.39 is 11.6 Å². The molecule has 0 bridgehead atoms. The smallest absolute Gasteiger partial charge is 0.168 e. The highest BCUT2D eigenvalue weighted by molar-refractivity contribution is 6.31. The van der Waals surface area contributed by atoms with Crippen molar-refractivity contribution in [3.8, 4) is 0 Å². The van der Waals surface area contributed by atoms with Gasteiger partial charge in [-0.05, 0) is 25.0 Å². The van der Waals surface area contributed by atoms with E-state index in [0.717, 1.165) is 25.7 Å². The van der Waals surface area contributed by atoms with Crippen molar-refractivity contribution in [2.45, 2.75) is 31.7 Å². The quantitative estimate of drug-likeness (QED) is 0.712. The Morgan fingerprint density at radius 3 is 2.50 bits per heavy atom. The van der Waals surface area contributed by atoms with Crippen LogP contribution >= 0.6 is 11.6 Å². The second-order valence-corrected chi connectivity index (χ2v) is 4.65. The van der Waals surface area contributed by atoms with E-state index in [9.17, 15) is 8.78 Å². The van der Waals surface area contributed by atoms with E-state index in [2.05, 4.69) is 0 Å². The zero-order valence-corrected chi connectivity index (χ0v) is 9.90. The van der Waals surface area contributed by atoms with Gasteiger partial charge in [-0.15, -0.1) is 0 Å². The molecule has 1 aliphatic carbocycles. The third-order valence-corrected chi connectivity index (χ3v) is 3.54. The maximum absolute atomic E-state index is 13.8. The maximum Gasteiger partial charge on any atom is 0.168 e. The van der Waals surface area contributed by atoms with Crippen molar-refractivity contribution in [2.24, 2.45) is 0 Å². The summed E-state index contributed by atoms with van der Waals surface area (Å²) in [5.41, 5.74) is -0.000556. The normalized spacial score (nSPS) is 16.8. The molecule has 0 aliphatic heterocycles. The van der Waals surface area contributed by atoms with Crippen LogP contribution in [0.2, 0.25) is 5.02 Å². The summed E-state index contributed by atoms with van der Waals surface area (Å²) in [7, 11) is 1.73. The first kappa shape index (κ1) is 11.6. The predicted molar refractivity (Wildman–Crippen MR) is 62.0 cm³/mol. The Balaban J connectivity index is 2.34. The molecule has 0 heterocycles. The molecule has 0 radical (unpaired) electrons. The highest BCUT2D eigenvalue weighted by Crippen LogP contribution is 2.33. The van der Waals surface area contributed by atoms with Gasteiger partial charge in [0.25, 0.3) is 0 Å². The lowest BCUT2D eigenvalue weighted by molar-refractivity contribution is 0.554. The molecule has 0 unspecified atom stereocenters. The lowest BCUT2D eigenvalue weighted by atomic mass is 10.2. The van der Waals surface area contributed by atoms with Gasteiger partial charge < -0.3 is 4.90 Å². The number of nitrogens with zero attached hydrogens (tertiary/aromatic N) is 1. The Hall–Kier alpha value is -0.830. The van der Waals surface area contributed by atoms with E-state index in [1.807, 2.05) is 0 Å². The summed E-state index contributed by atoms with van der Waals surface area (Å²) in [6.07, 6.45) is 4.22. The van der Waals surface area contributed by atoms with Gasteiger partial charge in [-0.25, -0.2) is 8.78 Å². The van der Waals surface area contributed by atoms with Gasteiger partial charge in [0.1, 0.15) is 11.5 Å². The second-order valence-electron chi connectivity index (χ2n) is 4.24. The fourth-order valence-electron chi connectivity index (χ4n) is 2.31. The SMILES string of the molecule is CN(c1c(F)ccc(Cl)c1F)C1CCCC1. The molecule has 0 amide bonds. The minimum atomic E-state index is -0.656. The van der Waals surface area contributed by atoms with Gasteiger partial charge in [-0.1, -0.05) is 24.4 Å². The Labute approximate surface area is 99.0 Å². The molecule has 0 spiro atoms. The minimum absolute atomic E-state index is 0.000556. The van der Waals surface area contributed by atoms with Gasteiger partial charge in [0.05, 0.1) is 5.02 Å². The number of hydrogen-bond acceptors (Lipinski definition) is 1. The Bertz CT molecular complexity index is 389. The van der Waals surface area contributed by atoms with Crippen LogP contribution in [0.5, 0.6) is 0 Å². The third-order valence-electron chi connectivity index (χ3n) is 3.24. The molecule has 4 heteroatoms. The third kappa shape index (κ3) is 2.01. The fourth-order valence-corrected chi connectivity index (χ4v) is 2.47. The summed E-state index contributed by atoms with van der Waals surface area (Å²) >= 11 is 5.67. The van der Waals surface area contributed by atoms with E-state index in [-0.39, 0.29) is 16.8 Å². The summed E-state index contributed by atoms with van der Waals surface area (Å²) in [4.78, 5) is 1.68. The van der Waals surface area contributed by atoms with Gasteiger partial charge in [0.2, 0.25) is 0 Å². The second kappa shape index (κ2) is 4.58. The van der Waals surface area contributed by atoms with Gasteiger partial charge >= 0.3 is 0 Å². The molecule has 0 aromatic heterocycles. The molecule has 1 aromatic rings. The van der Waals surface area contributed by atoms with E-state index in [1.165, 1.54) is 12.1 Å². The van der Waals surface area contributed by atoms with E-state index in [0.29, 0.717) is 0 Å². The molecular formula is C12H14ClF2N. The number of hydrogen-bond donors (Lipinski definition) is 0. The van der Waals surface area contributed by atoms with Crippen LogP contribution < -0.4 is 4.90 Å². The van der Waals surface area contributed by atoms with E-state index >= 15 is 0 Å². The molecule has 1 saturated carbocycles. The molecule has 1 aromatic carbocycles. The van der Waals surface area contributed by atoms with Crippen molar-refractivity contribution in [3.05, 3.63) is 28.8 Å². The Kier molecular flexibility index (Phi) is 3.33. The lowest BCUT2D eigenvalue weighted by Gasteiger charge is -2.27. The number of anilines is 1. The molecule has 88 valence electrons. The van der Waals surface area contributed by atoms with Crippen molar-refractivity contribution < 1.29 is 8.78 Å². The first-order valence-corrected chi connectivity index (χ1v) is 5.85. The summed E-state index contributed by atoms with van der Waals surface area (Å²) in [5.74, 6) is -1.20. The van der Waals surface area contributed by atoms with Gasteiger partial charge in [-0.2, -0.15) is 0 Å². The van der Waals surface area contributed by atoms with Crippen LogP contribution in [0.4, 0.5) is 14.5 Å². The van der Waals surface area contributed by atoms with Crippen LogP contribution in [0.1, 0.15) is 25.7 Å². The maximum atomic E-state index is 13.8. The molecule has 0 saturated heterocycles. The highest BCUT2D eigenvalue weighted by atomic mass is 35.5. The summed E-state index contributed by atoms with van der Waals surface area (Å²) in [5, 5.41) is -0.0266.